The summed E-state index contributed by atoms with van der Waals surface area (Å²) in [6.07, 6.45) is 1.11. The lowest BCUT2D eigenvalue weighted by atomic mass is 10.3. The van der Waals surface area contributed by atoms with Gasteiger partial charge in [0, 0.05) is 11.8 Å². The number of aromatic nitrogens is 1. The van der Waals surface area contributed by atoms with Gasteiger partial charge < -0.3 is 19.6 Å². The number of anilines is 1. The van der Waals surface area contributed by atoms with Gasteiger partial charge in [-0.3, -0.25) is 0 Å². The maximum absolute atomic E-state index is 11.4. The third kappa shape index (κ3) is 3.25. The highest BCUT2D eigenvalue weighted by Crippen LogP contribution is 2.31. The minimum Gasteiger partial charge on any atom is -0.461 e. The highest BCUT2D eigenvalue weighted by atomic mass is 79.9. The van der Waals surface area contributed by atoms with E-state index in [0.717, 1.165) is 0 Å². The van der Waals surface area contributed by atoms with Crippen LogP contribution in [0.3, 0.4) is 0 Å². The summed E-state index contributed by atoms with van der Waals surface area (Å²) in [5.74, 6) is -0.120. The topological polar surface area (TPSA) is 87.6 Å². The molecule has 0 aliphatic rings. The number of nitrogens with zero attached hydrogens (tertiary/aromatic N) is 1. The molecule has 0 saturated heterocycles. The largest absolute Gasteiger partial charge is 0.461 e. The van der Waals surface area contributed by atoms with Crippen LogP contribution in [0.1, 0.15) is 17.4 Å². The summed E-state index contributed by atoms with van der Waals surface area (Å²) in [6, 6.07) is 5.06. The van der Waals surface area contributed by atoms with Gasteiger partial charge in [-0.2, -0.15) is 4.98 Å². The lowest BCUT2D eigenvalue weighted by Gasteiger charge is -2.04. The van der Waals surface area contributed by atoms with Crippen molar-refractivity contribution in [1.82, 2.24) is 4.98 Å². The Morgan fingerprint density at radius 2 is 2.32 bits per heavy atom. The number of hydrogen-bond donors (Lipinski definition) is 1. The van der Waals surface area contributed by atoms with Crippen LogP contribution in [-0.4, -0.2) is 17.6 Å². The highest BCUT2D eigenvalue weighted by molar-refractivity contribution is 9.10. The van der Waals surface area contributed by atoms with E-state index in [9.17, 15) is 4.79 Å². The van der Waals surface area contributed by atoms with Crippen molar-refractivity contribution < 1.29 is 18.7 Å². The molecular formula is C12H11BrN2O4. The Kier molecular flexibility index (Phi) is 4.06. The average Bonchev–Trinajstić information content (AvgIpc) is 2.83. The van der Waals surface area contributed by atoms with Crippen molar-refractivity contribution in [3.05, 3.63) is 34.6 Å². The zero-order valence-corrected chi connectivity index (χ0v) is 11.6. The number of carbonyl (C=O) groups is 1. The fourth-order valence-electron chi connectivity index (χ4n) is 1.30. The summed E-state index contributed by atoms with van der Waals surface area (Å²) < 4.78 is 15.9. The van der Waals surface area contributed by atoms with Gasteiger partial charge >= 0.3 is 12.0 Å². The van der Waals surface area contributed by atoms with Crippen LogP contribution in [0.2, 0.25) is 0 Å². The third-order valence-electron chi connectivity index (χ3n) is 2.12. The molecule has 7 heteroatoms. The van der Waals surface area contributed by atoms with Crippen molar-refractivity contribution in [1.29, 1.82) is 0 Å². The second-order valence-electron chi connectivity index (χ2n) is 3.51. The minimum atomic E-state index is -0.562. The summed E-state index contributed by atoms with van der Waals surface area (Å²) in [6.45, 7) is 1.97. The first kappa shape index (κ1) is 13.4. The molecule has 0 radical (unpaired) electrons. The van der Waals surface area contributed by atoms with Gasteiger partial charge in [0.05, 0.1) is 11.1 Å². The Morgan fingerprint density at radius 3 is 3.05 bits per heavy atom. The van der Waals surface area contributed by atoms with Gasteiger partial charge in [-0.25, -0.2) is 4.79 Å². The van der Waals surface area contributed by atoms with Gasteiger partial charge in [0.1, 0.15) is 12.0 Å². The zero-order valence-electron chi connectivity index (χ0n) is 10.1. The Labute approximate surface area is 117 Å². The van der Waals surface area contributed by atoms with Crippen molar-refractivity contribution >= 4 is 27.6 Å². The standard InChI is InChI=1S/C12H11BrN2O4/c1-2-17-11(16)9-6-18-12(15-9)19-10-5-7(14)3-4-8(10)13/h3-6H,2,14H2,1H3. The molecule has 0 aliphatic heterocycles. The molecule has 1 aromatic carbocycles. The van der Waals surface area contributed by atoms with E-state index in [2.05, 4.69) is 20.9 Å². The van der Waals surface area contributed by atoms with Gasteiger partial charge in [0.15, 0.2) is 5.69 Å². The number of nitrogen functional groups attached to an aromatic ring is 1. The number of hydrogen-bond acceptors (Lipinski definition) is 6. The predicted molar refractivity (Wildman–Crippen MR) is 71.1 cm³/mol. The van der Waals surface area contributed by atoms with Crippen LogP contribution in [-0.2, 0) is 4.74 Å². The first-order chi connectivity index (χ1) is 9.10. The monoisotopic (exact) mass is 326 g/mol. The van der Waals surface area contributed by atoms with E-state index in [1.165, 1.54) is 6.26 Å². The number of nitrogens with two attached hydrogens (primary N) is 1. The van der Waals surface area contributed by atoms with E-state index in [1.54, 1.807) is 25.1 Å². The number of benzene rings is 1. The maximum Gasteiger partial charge on any atom is 0.399 e. The number of rotatable bonds is 4. The predicted octanol–water partition coefficient (Wildman–Crippen LogP) is 2.99. The normalized spacial score (nSPS) is 10.2. The van der Waals surface area contributed by atoms with E-state index in [1.807, 2.05) is 0 Å². The second kappa shape index (κ2) is 5.75. The molecule has 0 spiro atoms. The lowest BCUT2D eigenvalue weighted by Crippen LogP contribution is -2.04. The molecule has 0 saturated carbocycles. The molecule has 0 unspecified atom stereocenters. The molecule has 2 rings (SSSR count). The second-order valence-corrected chi connectivity index (χ2v) is 4.37. The Hall–Kier alpha value is -2.02. The summed E-state index contributed by atoms with van der Waals surface area (Å²) >= 11 is 3.31. The molecule has 100 valence electrons. The Balaban J connectivity index is 2.15. The van der Waals surface area contributed by atoms with Crippen molar-refractivity contribution in [2.45, 2.75) is 6.92 Å². The van der Waals surface area contributed by atoms with E-state index in [0.29, 0.717) is 15.9 Å². The van der Waals surface area contributed by atoms with Gasteiger partial charge in [-0.05, 0) is 35.0 Å². The number of ether oxygens (including phenoxy) is 2. The highest BCUT2D eigenvalue weighted by Gasteiger charge is 2.15. The van der Waals surface area contributed by atoms with Gasteiger partial charge in [0.2, 0.25) is 0 Å². The van der Waals surface area contributed by atoms with Crippen LogP contribution in [0.5, 0.6) is 11.8 Å². The quantitative estimate of drug-likeness (QED) is 0.686. The molecule has 1 aromatic heterocycles. The Bertz CT molecular complexity index is 597. The average molecular weight is 327 g/mol. The number of oxazole rings is 1. The van der Waals surface area contributed by atoms with E-state index < -0.39 is 5.97 Å². The molecule has 19 heavy (non-hydrogen) atoms. The van der Waals surface area contributed by atoms with Gasteiger partial charge in [0.25, 0.3) is 0 Å². The molecule has 1 heterocycles. The number of esters is 1. The van der Waals surface area contributed by atoms with Gasteiger partial charge in [-0.1, -0.05) is 0 Å². The number of halogens is 1. The van der Waals surface area contributed by atoms with Crippen LogP contribution in [0, 0.1) is 0 Å². The maximum atomic E-state index is 11.4. The summed E-state index contributed by atoms with van der Waals surface area (Å²) in [5.41, 5.74) is 6.24. The SMILES string of the molecule is CCOC(=O)c1coc(Oc2cc(N)ccc2Br)n1. The van der Waals surface area contributed by atoms with Crippen molar-refractivity contribution in [3.63, 3.8) is 0 Å². The lowest BCUT2D eigenvalue weighted by molar-refractivity contribution is 0.0519. The third-order valence-corrected chi connectivity index (χ3v) is 2.78. The van der Waals surface area contributed by atoms with E-state index in [-0.39, 0.29) is 18.4 Å². The number of carbonyl (C=O) groups excluding carboxylic acids is 1. The first-order valence-electron chi connectivity index (χ1n) is 5.45. The van der Waals surface area contributed by atoms with Crippen LogP contribution < -0.4 is 10.5 Å². The molecule has 0 fully saturated rings. The summed E-state index contributed by atoms with van der Waals surface area (Å²) in [7, 11) is 0. The van der Waals surface area contributed by atoms with Gasteiger partial charge in [-0.15, -0.1) is 0 Å². The van der Waals surface area contributed by atoms with Crippen LogP contribution in [0.15, 0.2) is 33.4 Å². The van der Waals surface area contributed by atoms with E-state index in [4.69, 9.17) is 19.6 Å². The Morgan fingerprint density at radius 1 is 1.53 bits per heavy atom. The van der Waals surface area contributed by atoms with Crippen LogP contribution in [0.25, 0.3) is 0 Å². The molecule has 2 aromatic rings. The first-order valence-corrected chi connectivity index (χ1v) is 6.25. The van der Waals surface area contributed by atoms with Crippen molar-refractivity contribution in [2.75, 3.05) is 12.3 Å². The molecule has 0 atom stereocenters. The fourth-order valence-corrected chi connectivity index (χ4v) is 1.62. The molecular weight excluding hydrogens is 316 g/mol. The summed E-state index contributed by atoms with van der Waals surface area (Å²) in [5, 5.41) is 0. The van der Waals surface area contributed by atoms with Crippen LogP contribution >= 0.6 is 15.9 Å². The fraction of sp³-hybridized carbons (Fsp3) is 0.167. The molecule has 0 aliphatic carbocycles. The van der Waals surface area contributed by atoms with Crippen molar-refractivity contribution in [2.24, 2.45) is 0 Å². The van der Waals surface area contributed by atoms with Crippen molar-refractivity contribution in [3.8, 4) is 11.8 Å². The molecule has 0 amide bonds. The zero-order chi connectivity index (χ0) is 13.8. The molecule has 0 bridgehead atoms. The minimum absolute atomic E-state index is 0.0527. The van der Waals surface area contributed by atoms with Crippen LogP contribution in [0.4, 0.5) is 5.69 Å². The molecule has 6 nitrogen and oxygen atoms in total. The smallest absolute Gasteiger partial charge is 0.399 e. The van der Waals surface area contributed by atoms with E-state index >= 15 is 0 Å². The summed E-state index contributed by atoms with van der Waals surface area (Å²) in [4.78, 5) is 15.3. The molecule has 2 N–H and O–H groups in total.